The van der Waals surface area contributed by atoms with Crippen molar-refractivity contribution < 1.29 is 9.90 Å². The summed E-state index contributed by atoms with van der Waals surface area (Å²) in [6.07, 6.45) is 1.97. The van der Waals surface area contributed by atoms with Gasteiger partial charge in [0.2, 0.25) is 0 Å². The van der Waals surface area contributed by atoms with E-state index < -0.39 is 5.97 Å². The standard InChI is InChI=1S/C7H13NO2/c1-4(7(9)10)5-2-3-6(5)8/h4-6H,2-3,8H2,1H3,(H,9,10). The number of carbonyl (C=O) groups is 1. The topological polar surface area (TPSA) is 63.3 Å². The second-order valence-electron chi connectivity index (χ2n) is 3.03. The molecule has 0 aliphatic heterocycles. The highest BCUT2D eigenvalue weighted by Gasteiger charge is 2.35. The molecule has 3 unspecified atom stereocenters. The van der Waals surface area contributed by atoms with Crippen molar-refractivity contribution in [2.45, 2.75) is 25.8 Å². The van der Waals surface area contributed by atoms with E-state index in [9.17, 15) is 4.79 Å². The summed E-state index contributed by atoms with van der Waals surface area (Å²) < 4.78 is 0. The maximum Gasteiger partial charge on any atom is 0.306 e. The Hall–Kier alpha value is -0.570. The van der Waals surface area contributed by atoms with Crippen LogP contribution in [0.2, 0.25) is 0 Å². The number of carboxylic acid groups (broad SMARTS) is 1. The van der Waals surface area contributed by atoms with Crippen molar-refractivity contribution in [3.8, 4) is 0 Å². The Bertz CT molecular complexity index is 147. The largest absolute Gasteiger partial charge is 0.481 e. The summed E-state index contributed by atoms with van der Waals surface area (Å²) in [6.45, 7) is 1.73. The molecule has 0 aromatic rings. The molecule has 3 nitrogen and oxygen atoms in total. The van der Waals surface area contributed by atoms with E-state index in [1.54, 1.807) is 6.92 Å². The molecule has 0 aromatic carbocycles. The van der Waals surface area contributed by atoms with Crippen LogP contribution in [-0.4, -0.2) is 17.1 Å². The van der Waals surface area contributed by atoms with Crippen LogP contribution in [-0.2, 0) is 4.79 Å². The Morgan fingerprint density at radius 2 is 2.30 bits per heavy atom. The molecule has 58 valence electrons. The van der Waals surface area contributed by atoms with Gasteiger partial charge in [-0.1, -0.05) is 6.92 Å². The molecule has 1 rings (SSSR count). The second-order valence-corrected chi connectivity index (χ2v) is 3.03. The van der Waals surface area contributed by atoms with E-state index >= 15 is 0 Å². The van der Waals surface area contributed by atoms with E-state index in [2.05, 4.69) is 0 Å². The van der Waals surface area contributed by atoms with Gasteiger partial charge in [0, 0.05) is 6.04 Å². The smallest absolute Gasteiger partial charge is 0.306 e. The minimum absolute atomic E-state index is 0.131. The molecule has 1 saturated carbocycles. The van der Waals surface area contributed by atoms with Crippen molar-refractivity contribution in [3.63, 3.8) is 0 Å². The van der Waals surface area contributed by atoms with Crippen LogP contribution in [0.15, 0.2) is 0 Å². The highest BCUT2D eigenvalue weighted by molar-refractivity contribution is 5.70. The van der Waals surface area contributed by atoms with Crippen LogP contribution in [0.1, 0.15) is 19.8 Å². The molecule has 0 saturated heterocycles. The lowest BCUT2D eigenvalue weighted by molar-refractivity contribution is -0.144. The molecule has 0 amide bonds. The van der Waals surface area contributed by atoms with Gasteiger partial charge in [0.25, 0.3) is 0 Å². The lowest BCUT2D eigenvalue weighted by Gasteiger charge is -2.36. The van der Waals surface area contributed by atoms with Crippen molar-refractivity contribution in [1.29, 1.82) is 0 Å². The Balaban J connectivity index is 2.41. The van der Waals surface area contributed by atoms with Crippen LogP contribution < -0.4 is 5.73 Å². The summed E-state index contributed by atoms with van der Waals surface area (Å²) in [5, 5.41) is 8.58. The van der Waals surface area contributed by atoms with Gasteiger partial charge in [0.15, 0.2) is 0 Å². The SMILES string of the molecule is CC(C(=O)O)C1CCC1N. The minimum Gasteiger partial charge on any atom is -0.481 e. The third-order valence-electron chi connectivity index (χ3n) is 2.42. The molecule has 1 aliphatic carbocycles. The predicted octanol–water partition coefficient (Wildman–Crippen LogP) is 0.444. The summed E-state index contributed by atoms with van der Waals surface area (Å²) in [5.74, 6) is -0.763. The lowest BCUT2D eigenvalue weighted by Crippen LogP contribution is -2.44. The van der Waals surface area contributed by atoms with Gasteiger partial charge in [-0.2, -0.15) is 0 Å². The van der Waals surface area contributed by atoms with E-state index in [0.717, 1.165) is 12.8 Å². The van der Waals surface area contributed by atoms with E-state index in [1.807, 2.05) is 0 Å². The molecule has 0 radical (unpaired) electrons. The van der Waals surface area contributed by atoms with E-state index in [-0.39, 0.29) is 17.9 Å². The van der Waals surface area contributed by atoms with E-state index in [1.165, 1.54) is 0 Å². The molecular formula is C7H13NO2. The zero-order valence-electron chi connectivity index (χ0n) is 6.08. The summed E-state index contributed by atoms with van der Waals surface area (Å²) in [6, 6.07) is 0.131. The average molecular weight is 143 g/mol. The quantitative estimate of drug-likeness (QED) is 0.589. The van der Waals surface area contributed by atoms with Gasteiger partial charge in [0.1, 0.15) is 0 Å². The normalized spacial score (nSPS) is 34.6. The first-order chi connectivity index (χ1) is 4.63. The van der Waals surface area contributed by atoms with Gasteiger partial charge in [-0.15, -0.1) is 0 Å². The number of rotatable bonds is 2. The van der Waals surface area contributed by atoms with Crippen molar-refractivity contribution >= 4 is 5.97 Å². The number of hydrogen-bond acceptors (Lipinski definition) is 2. The highest BCUT2D eigenvalue weighted by atomic mass is 16.4. The Morgan fingerprint density at radius 1 is 1.70 bits per heavy atom. The maximum atomic E-state index is 10.4. The Morgan fingerprint density at radius 3 is 2.40 bits per heavy atom. The van der Waals surface area contributed by atoms with Crippen LogP contribution in [0.4, 0.5) is 0 Å². The van der Waals surface area contributed by atoms with Crippen molar-refractivity contribution in [2.24, 2.45) is 17.6 Å². The molecule has 3 N–H and O–H groups in total. The van der Waals surface area contributed by atoms with Crippen LogP contribution in [0.3, 0.4) is 0 Å². The summed E-state index contributed by atoms with van der Waals surface area (Å²) in [5.41, 5.74) is 5.60. The van der Waals surface area contributed by atoms with Crippen LogP contribution in [0, 0.1) is 11.8 Å². The van der Waals surface area contributed by atoms with Gasteiger partial charge in [0.05, 0.1) is 5.92 Å². The highest BCUT2D eigenvalue weighted by Crippen LogP contribution is 2.32. The molecule has 0 aromatic heterocycles. The Kier molecular flexibility index (Phi) is 1.94. The van der Waals surface area contributed by atoms with Crippen molar-refractivity contribution in [3.05, 3.63) is 0 Å². The molecule has 1 aliphatic rings. The molecule has 3 atom stereocenters. The zero-order valence-corrected chi connectivity index (χ0v) is 6.08. The van der Waals surface area contributed by atoms with Crippen LogP contribution in [0.25, 0.3) is 0 Å². The fourth-order valence-corrected chi connectivity index (χ4v) is 1.36. The first-order valence-electron chi connectivity index (χ1n) is 3.61. The van der Waals surface area contributed by atoms with Crippen molar-refractivity contribution in [2.75, 3.05) is 0 Å². The molecule has 0 heterocycles. The van der Waals surface area contributed by atoms with Gasteiger partial charge in [-0.3, -0.25) is 4.79 Å². The van der Waals surface area contributed by atoms with Crippen molar-refractivity contribution in [1.82, 2.24) is 0 Å². The second kappa shape index (κ2) is 2.58. The molecular weight excluding hydrogens is 130 g/mol. The third-order valence-corrected chi connectivity index (χ3v) is 2.42. The molecule has 0 bridgehead atoms. The number of carboxylic acids is 1. The van der Waals surface area contributed by atoms with Gasteiger partial charge in [-0.25, -0.2) is 0 Å². The van der Waals surface area contributed by atoms with Gasteiger partial charge < -0.3 is 10.8 Å². The minimum atomic E-state index is -0.722. The monoisotopic (exact) mass is 143 g/mol. The average Bonchev–Trinajstić information content (AvgIpc) is 1.84. The predicted molar refractivity (Wildman–Crippen MR) is 37.5 cm³/mol. The van der Waals surface area contributed by atoms with Crippen LogP contribution >= 0.6 is 0 Å². The van der Waals surface area contributed by atoms with Gasteiger partial charge in [-0.05, 0) is 18.8 Å². The zero-order chi connectivity index (χ0) is 7.72. The lowest BCUT2D eigenvalue weighted by atomic mass is 9.73. The number of nitrogens with two attached hydrogens (primary N) is 1. The van der Waals surface area contributed by atoms with E-state index in [0.29, 0.717) is 0 Å². The third kappa shape index (κ3) is 1.14. The van der Waals surface area contributed by atoms with Crippen LogP contribution in [0.5, 0.6) is 0 Å². The number of aliphatic carboxylic acids is 1. The molecule has 0 spiro atoms. The number of hydrogen-bond donors (Lipinski definition) is 2. The van der Waals surface area contributed by atoms with Gasteiger partial charge >= 0.3 is 5.97 Å². The summed E-state index contributed by atoms with van der Waals surface area (Å²) >= 11 is 0. The van der Waals surface area contributed by atoms with E-state index in [4.69, 9.17) is 10.8 Å². The first-order valence-corrected chi connectivity index (χ1v) is 3.61. The summed E-state index contributed by atoms with van der Waals surface area (Å²) in [7, 11) is 0. The molecule has 10 heavy (non-hydrogen) atoms. The molecule has 1 fully saturated rings. The fraction of sp³-hybridized carbons (Fsp3) is 0.857. The first kappa shape index (κ1) is 7.54. The summed E-state index contributed by atoms with van der Waals surface area (Å²) in [4.78, 5) is 10.4. The maximum absolute atomic E-state index is 10.4. The Labute approximate surface area is 60.2 Å². The fourth-order valence-electron chi connectivity index (χ4n) is 1.36. The molecule has 3 heteroatoms.